The molecule has 1 saturated heterocycles. The Morgan fingerprint density at radius 3 is 2.48 bits per heavy atom. The number of nitrogens with zero attached hydrogens (tertiary/aromatic N) is 5. The average molecular weight is 392 g/mol. The largest absolute Gasteiger partial charge is 0.338 e. The molecule has 3 rings (SSSR count). The van der Waals surface area contributed by atoms with Crippen LogP contribution in [0.1, 0.15) is 12.0 Å². The van der Waals surface area contributed by atoms with Crippen LogP contribution in [0.4, 0.5) is 4.79 Å². The van der Waals surface area contributed by atoms with E-state index in [9.17, 15) is 13.2 Å². The van der Waals surface area contributed by atoms with Gasteiger partial charge in [-0.1, -0.05) is 22.9 Å². The summed E-state index contributed by atoms with van der Waals surface area (Å²) in [4.78, 5) is 14.2. The first-order chi connectivity index (χ1) is 13.0. The molecule has 1 fully saturated rings. The van der Waals surface area contributed by atoms with Gasteiger partial charge in [-0.2, -0.15) is 4.31 Å². The minimum atomic E-state index is -3.51. The highest BCUT2D eigenvalue weighted by Crippen LogP contribution is 2.18. The maximum absolute atomic E-state index is 12.7. The summed E-state index contributed by atoms with van der Waals surface area (Å²) in [6.45, 7) is 4.47. The summed E-state index contributed by atoms with van der Waals surface area (Å²) in [6, 6.07) is 6.66. The molecule has 9 nitrogen and oxygen atoms in total. The van der Waals surface area contributed by atoms with E-state index in [0.29, 0.717) is 44.2 Å². The first kappa shape index (κ1) is 19.3. The second kappa shape index (κ2) is 8.49. The van der Waals surface area contributed by atoms with Crippen molar-refractivity contribution in [1.82, 2.24) is 29.5 Å². The van der Waals surface area contributed by atoms with Crippen molar-refractivity contribution in [3.05, 3.63) is 42.2 Å². The summed E-state index contributed by atoms with van der Waals surface area (Å²) in [7, 11) is -3.51. The van der Waals surface area contributed by atoms with Gasteiger partial charge in [-0.05, 0) is 25.5 Å². The number of benzene rings is 1. The van der Waals surface area contributed by atoms with E-state index in [1.165, 1.54) is 4.31 Å². The molecule has 10 heteroatoms. The number of hydrogen-bond acceptors (Lipinski definition) is 5. The summed E-state index contributed by atoms with van der Waals surface area (Å²) in [5.41, 5.74) is 1.01. The smallest absolute Gasteiger partial charge is 0.317 e. The molecule has 1 aliphatic heterocycles. The Bertz CT molecular complexity index is 843. The van der Waals surface area contributed by atoms with Gasteiger partial charge in [0.25, 0.3) is 0 Å². The van der Waals surface area contributed by atoms with Gasteiger partial charge >= 0.3 is 6.03 Å². The first-order valence-electron chi connectivity index (χ1n) is 8.90. The molecule has 1 aromatic carbocycles. The molecule has 1 aliphatic rings. The number of urea groups is 1. The molecule has 0 saturated carbocycles. The molecule has 0 radical (unpaired) electrons. The van der Waals surface area contributed by atoms with Gasteiger partial charge in [-0.3, -0.25) is 4.68 Å². The van der Waals surface area contributed by atoms with E-state index < -0.39 is 10.0 Å². The van der Waals surface area contributed by atoms with Crippen LogP contribution in [0.3, 0.4) is 0 Å². The fourth-order valence-corrected chi connectivity index (χ4v) is 4.31. The van der Waals surface area contributed by atoms with E-state index in [-0.39, 0.29) is 6.03 Å². The minimum Gasteiger partial charge on any atom is -0.338 e. The highest BCUT2D eigenvalue weighted by Gasteiger charge is 2.29. The molecule has 0 atom stereocenters. The Balaban J connectivity index is 1.45. The van der Waals surface area contributed by atoms with Crippen molar-refractivity contribution in [2.45, 2.75) is 24.8 Å². The Labute approximate surface area is 159 Å². The van der Waals surface area contributed by atoms with Crippen LogP contribution >= 0.6 is 0 Å². The van der Waals surface area contributed by atoms with Crippen molar-refractivity contribution >= 4 is 16.1 Å². The molecular formula is C17H24N6O3S. The predicted molar refractivity (Wildman–Crippen MR) is 99.5 cm³/mol. The molecule has 0 aliphatic carbocycles. The molecule has 0 bridgehead atoms. The van der Waals surface area contributed by atoms with Crippen molar-refractivity contribution in [3.63, 3.8) is 0 Å². The van der Waals surface area contributed by atoms with Crippen LogP contribution in [0.5, 0.6) is 0 Å². The van der Waals surface area contributed by atoms with Gasteiger partial charge in [0.15, 0.2) is 0 Å². The first-order valence-corrected chi connectivity index (χ1v) is 10.3. The third kappa shape index (κ3) is 4.83. The number of piperazine rings is 1. The standard InChI is InChI=1S/C17H24N6O3S/c1-15-3-5-16(6-4-15)27(25,26)23-13-11-21(12-14-23)17(24)18-7-2-9-22-10-8-19-20-22/h3-6,8,10H,2,7,9,11-14H2,1H3,(H,18,24). The minimum absolute atomic E-state index is 0.166. The quantitative estimate of drug-likeness (QED) is 0.729. The zero-order valence-electron chi connectivity index (χ0n) is 15.3. The van der Waals surface area contributed by atoms with E-state index in [4.69, 9.17) is 0 Å². The monoisotopic (exact) mass is 392 g/mol. The summed E-state index contributed by atoms with van der Waals surface area (Å²) >= 11 is 0. The maximum Gasteiger partial charge on any atom is 0.317 e. The van der Waals surface area contributed by atoms with E-state index in [0.717, 1.165) is 12.0 Å². The van der Waals surface area contributed by atoms with Crippen LogP contribution in [0.25, 0.3) is 0 Å². The van der Waals surface area contributed by atoms with Crippen molar-refractivity contribution in [1.29, 1.82) is 0 Å². The lowest BCUT2D eigenvalue weighted by atomic mass is 10.2. The normalized spacial score (nSPS) is 15.7. The second-order valence-electron chi connectivity index (χ2n) is 6.46. The molecule has 0 unspecified atom stereocenters. The Morgan fingerprint density at radius 2 is 1.85 bits per heavy atom. The van der Waals surface area contributed by atoms with Gasteiger partial charge < -0.3 is 10.2 Å². The number of carbonyl (C=O) groups is 1. The van der Waals surface area contributed by atoms with Crippen molar-refractivity contribution in [3.8, 4) is 0 Å². The Hall–Kier alpha value is -2.46. The Morgan fingerprint density at radius 1 is 1.15 bits per heavy atom. The summed E-state index contributed by atoms with van der Waals surface area (Å²) in [5.74, 6) is 0. The lowest BCUT2D eigenvalue weighted by Gasteiger charge is -2.34. The SMILES string of the molecule is Cc1ccc(S(=O)(=O)N2CCN(C(=O)NCCCn3ccnn3)CC2)cc1. The summed E-state index contributed by atoms with van der Waals surface area (Å²) < 4.78 is 28.5. The lowest BCUT2D eigenvalue weighted by Crippen LogP contribution is -2.53. The van der Waals surface area contributed by atoms with Crippen LogP contribution in [-0.4, -0.2) is 71.4 Å². The second-order valence-corrected chi connectivity index (χ2v) is 8.39. The van der Waals surface area contributed by atoms with Crippen molar-refractivity contribution in [2.75, 3.05) is 32.7 Å². The zero-order valence-corrected chi connectivity index (χ0v) is 16.1. The summed E-state index contributed by atoms with van der Waals surface area (Å²) in [5, 5.41) is 10.5. The molecule has 0 spiro atoms. The highest BCUT2D eigenvalue weighted by molar-refractivity contribution is 7.89. The number of amides is 2. The maximum atomic E-state index is 12.7. The number of nitrogens with one attached hydrogen (secondary N) is 1. The molecule has 1 aromatic heterocycles. The third-order valence-electron chi connectivity index (χ3n) is 4.50. The van der Waals surface area contributed by atoms with Crippen LogP contribution in [0.15, 0.2) is 41.6 Å². The lowest BCUT2D eigenvalue weighted by molar-refractivity contribution is 0.172. The molecule has 2 heterocycles. The van der Waals surface area contributed by atoms with E-state index in [2.05, 4.69) is 15.6 Å². The van der Waals surface area contributed by atoms with Crippen LogP contribution < -0.4 is 5.32 Å². The van der Waals surface area contributed by atoms with Crippen LogP contribution in [0, 0.1) is 6.92 Å². The van der Waals surface area contributed by atoms with E-state index in [1.54, 1.807) is 46.2 Å². The zero-order chi connectivity index (χ0) is 19.3. The number of sulfonamides is 1. The fraction of sp³-hybridized carbons (Fsp3) is 0.471. The molecule has 2 amide bonds. The fourth-order valence-electron chi connectivity index (χ4n) is 2.89. The Kier molecular flexibility index (Phi) is 6.07. The third-order valence-corrected chi connectivity index (χ3v) is 6.41. The van der Waals surface area contributed by atoms with Crippen LogP contribution in [0.2, 0.25) is 0 Å². The van der Waals surface area contributed by atoms with E-state index >= 15 is 0 Å². The van der Waals surface area contributed by atoms with Gasteiger partial charge in [-0.25, -0.2) is 13.2 Å². The van der Waals surface area contributed by atoms with Crippen LogP contribution in [-0.2, 0) is 16.6 Å². The number of aryl methyl sites for hydroxylation is 2. The predicted octanol–water partition coefficient (Wildman–Crippen LogP) is 0.693. The van der Waals surface area contributed by atoms with E-state index in [1.807, 2.05) is 6.92 Å². The number of carbonyl (C=O) groups excluding carboxylic acids is 1. The molecule has 146 valence electrons. The van der Waals surface area contributed by atoms with Gasteiger partial charge in [0.05, 0.1) is 11.1 Å². The molecule has 27 heavy (non-hydrogen) atoms. The average Bonchev–Trinajstić information content (AvgIpc) is 3.19. The van der Waals surface area contributed by atoms with Gasteiger partial charge in [0.2, 0.25) is 10.0 Å². The summed E-state index contributed by atoms with van der Waals surface area (Å²) in [6.07, 6.45) is 4.13. The number of hydrogen-bond donors (Lipinski definition) is 1. The number of aromatic nitrogens is 3. The number of rotatable bonds is 6. The van der Waals surface area contributed by atoms with Gasteiger partial charge in [0, 0.05) is 45.5 Å². The topological polar surface area (TPSA) is 100 Å². The van der Waals surface area contributed by atoms with Crippen molar-refractivity contribution < 1.29 is 13.2 Å². The molecular weight excluding hydrogens is 368 g/mol. The van der Waals surface area contributed by atoms with Crippen molar-refractivity contribution in [2.24, 2.45) is 0 Å². The van der Waals surface area contributed by atoms with Gasteiger partial charge in [-0.15, -0.1) is 5.10 Å². The molecule has 2 aromatic rings. The van der Waals surface area contributed by atoms with Gasteiger partial charge in [0.1, 0.15) is 0 Å². The highest BCUT2D eigenvalue weighted by atomic mass is 32.2. The molecule has 1 N–H and O–H groups in total.